The summed E-state index contributed by atoms with van der Waals surface area (Å²) in [7, 11) is -0.497. The first-order chi connectivity index (χ1) is 22.4. The fourth-order valence-corrected chi connectivity index (χ4v) is 4.55. The molecule has 0 radical (unpaired) electrons. The number of benzene rings is 1. The minimum absolute atomic E-state index is 0.00367. The van der Waals surface area contributed by atoms with Crippen LogP contribution in [0.4, 0.5) is 20.3 Å². The van der Waals surface area contributed by atoms with Crippen molar-refractivity contribution < 1.29 is 42.6 Å². The second-order valence-electron chi connectivity index (χ2n) is 16.1. The molecule has 0 spiro atoms. The predicted octanol–water partition coefficient (Wildman–Crippen LogP) is 6.21. The van der Waals surface area contributed by atoms with Crippen LogP contribution in [0.3, 0.4) is 0 Å². The Balaban J connectivity index is 1.85. The third-order valence-corrected chi connectivity index (χ3v) is 7.58. The molecule has 1 fully saturated rings. The molecule has 1 aromatic heterocycles. The molecule has 1 aromatic carbocycles. The maximum absolute atomic E-state index is 13.6. The van der Waals surface area contributed by atoms with E-state index >= 15 is 0 Å². The minimum atomic E-state index is -0.841. The van der Waals surface area contributed by atoms with Gasteiger partial charge in [0.2, 0.25) is 5.95 Å². The number of alkyl carbamates (subject to hydrolysis) is 1. The summed E-state index contributed by atoms with van der Waals surface area (Å²) in [5.74, 6) is 0.00367. The highest BCUT2D eigenvalue weighted by Crippen LogP contribution is 2.36. The number of carbonyl (C=O) groups excluding carboxylic acids is 3. The lowest BCUT2D eigenvalue weighted by Gasteiger charge is -2.32. The van der Waals surface area contributed by atoms with Crippen molar-refractivity contribution in [1.82, 2.24) is 14.9 Å². The van der Waals surface area contributed by atoms with E-state index in [4.69, 9.17) is 28.3 Å². The highest BCUT2D eigenvalue weighted by Gasteiger charge is 2.51. The lowest BCUT2D eigenvalue weighted by molar-refractivity contribution is 0.00578. The Bertz CT molecular complexity index is 1420. The molecular weight excluding hydrogens is 631 g/mol. The second kappa shape index (κ2) is 15.1. The summed E-state index contributed by atoms with van der Waals surface area (Å²) in [6, 6.07) is 7.73. The Hall–Kier alpha value is -3.62. The maximum Gasteiger partial charge on any atom is 0.494 e. The third-order valence-electron chi connectivity index (χ3n) is 7.58. The van der Waals surface area contributed by atoms with Crippen LogP contribution < -0.4 is 15.7 Å². The molecule has 0 aliphatic carbocycles. The van der Waals surface area contributed by atoms with Crippen molar-refractivity contribution in [2.75, 3.05) is 18.0 Å². The number of nitrogens with one attached hydrogen (secondary N) is 1. The molecule has 0 saturated carbocycles. The Morgan fingerprint density at radius 1 is 0.878 bits per heavy atom. The summed E-state index contributed by atoms with van der Waals surface area (Å²) in [6.07, 6.45) is 0.449. The molecule has 1 atom stereocenters. The van der Waals surface area contributed by atoms with Crippen molar-refractivity contribution in [3.8, 4) is 0 Å². The van der Waals surface area contributed by atoms with Gasteiger partial charge in [0.05, 0.1) is 30.5 Å². The fourth-order valence-electron chi connectivity index (χ4n) is 4.55. The summed E-state index contributed by atoms with van der Waals surface area (Å²) in [5.41, 5.74) is -1.47. The minimum Gasteiger partial charge on any atom is -0.444 e. The monoisotopic (exact) mass is 686 g/mol. The number of hydrogen-bond acceptors (Lipinski definition) is 10. The van der Waals surface area contributed by atoms with Crippen LogP contribution in [0, 0.1) is 0 Å². The van der Waals surface area contributed by atoms with Gasteiger partial charge in [-0.05, 0) is 107 Å². The summed E-state index contributed by atoms with van der Waals surface area (Å²) < 4.78 is 36.6. The molecule has 13 nitrogen and oxygen atoms in total. The van der Waals surface area contributed by atoms with Gasteiger partial charge in [0.1, 0.15) is 16.8 Å². The summed E-state index contributed by atoms with van der Waals surface area (Å²) in [5, 5.41) is 2.75. The molecule has 2 heterocycles. The molecule has 1 saturated heterocycles. The van der Waals surface area contributed by atoms with Crippen LogP contribution >= 0.6 is 0 Å². The van der Waals surface area contributed by atoms with Crippen LogP contribution in [-0.4, -0.2) is 82.1 Å². The molecule has 2 aromatic rings. The van der Waals surface area contributed by atoms with E-state index in [2.05, 4.69) is 10.3 Å². The summed E-state index contributed by atoms with van der Waals surface area (Å²) >= 11 is 0. The SMILES string of the molecule is CC(C)(C)OC(=O)NCC[C@H](CN(C(=O)OC(C)(C)C)c1nccn1C(=O)OC(C)(C)C)OCc1ccc(B2OC(C)(C)C(C)(C)O2)cc1. The van der Waals surface area contributed by atoms with Crippen molar-refractivity contribution in [2.24, 2.45) is 0 Å². The van der Waals surface area contributed by atoms with Gasteiger partial charge in [-0.3, -0.25) is 0 Å². The van der Waals surface area contributed by atoms with Gasteiger partial charge in [0, 0.05) is 18.9 Å². The average Bonchev–Trinajstić information content (AvgIpc) is 3.48. The maximum atomic E-state index is 13.6. The Kier molecular flexibility index (Phi) is 12.3. The molecule has 272 valence electrons. The number of carbonyl (C=O) groups is 3. The van der Waals surface area contributed by atoms with Crippen LogP contribution in [0.15, 0.2) is 36.7 Å². The third kappa shape index (κ3) is 12.0. The number of imidazole rings is 1. The van der Waals surface area contributed by atoms with E-state index in [-0.39, 0.29) is 32.1 Å². The van der Waals surface area contributed by atoms with E-state index in [1.54, 1.807) is 62.3 Å². The van der Waals surface area contributed by atoms with Gasteiger partial charge in [-0.15, -0.1) is 0 Å². The van der Waals surface area contributed by atoms with E-state index in [1.807, 2.05) is 52.0 Å². The molecular formula is C35H55BN4O9. The van der Waals surface area contributed by atoms with E-state index in [0.29, 0.717) is 0 Å². The van der Waals surface area contributed by atoms with E-state index < -0.39 is 59.5 Å². The lowest BCUT2D eigenvalue weighted by Crippen LogP contribution is -2.45. The standard InChI is InChI=1S/C35H55BN4O9/c1-31(2,3)45-28(41)38-19-18-26(44-23-24-14-16-25(17-15-24)36-48-34(10,11)35(12,13)49-36)22-40(30(43)47-33(7,8)9)27-37-20-21-39(27)29(42)46-32(4,5)6/h14-17,20-21,26H,18-19,22-23H2,1-13H3,(H,38,41)/t26-/m1/s1. The van der Waals surface area contributed by atoms with E-state index in [1.165, 1.54) is 17.3 Å². The van der Waals surface area contributed by atoms with Gasteiger partial charge in [0.15, 0.2) is 0 Å². The molecule has 3 rings (SSSR count). The molecule has 0 bridgehead atoms. The van der Waals surface area contributed by atoms with Crippen LogP contribution in [0.5, 0.6) is 0 Å². The quantitative estimate of drug-likeness (QED) is 0.227. The Morgan fingerprint density at radius 2 is 1.43 bits per heavy atom. The lowest BCUT2D eigenvalue weighted by atomic mass is 9.79. The molecule has 49 heavy (non-hydrogen) atoms. The summed E-state index contributed by atoms with van der Waals surface area (Å²) in [4.78, 5) is 44.7. The number of rotatable bonds is 10. The second-order valence-corrected chi connectivity index (χ2v) is 16.1. The average molecular weight is 687 g/mol. The molecule has 1 aliphatic rings. The first-order valence-corrected chi connectivity index (χ1v) is 16.7. The number of aromatic nitrogens is 2. The highest BCUT2D eigenvalue weighted by atomic mass is 16.7. The van der Waals surface area contributed by atoms with Crippen LogP contribution in [0.1, 0.15) is 102 Å². The molecule has 0 unspecified atom stereocenters. The molecule has 14 heteroatoms. The Labute approximate surface area is 291 Å². The van der Waals surface area contributed by atoms with Gasteiger partial charge in [-0.1, -0.05) is 24.3 Å². The van der Waals surface area contributed by atoms with Crippen molar-refractivity contribution in [3.05, 3.63) is 42.2 Å². The van der Waals surface area contributed by atoms with E-state index in [0.717, 1.165) is 15.6 Å². The van der Waals surface area contributed by atoms with Crippen LogP contribution in [-0.2, 0) is 34.9 Å². The zero-order valence-corrected chi connectivity index (χ0v) is 31.5. The van der Waals surface area contributed by atoms with Crippen molar-refractivity contribution in [2.45, 2.75) is 137 Å². The molecule has 2 amide bonds. The van der Waals surface area contributed by atoms with Crippen LogP contribution in [0.2, 0.25) is 0 Å². The Morgan fingerprint density at radius 3 is 1.96 bits per heavy atom. The van der Waals surface area contributed by atoms with Crippen molar-refractivity contribution in [3.63, 3.8) is 0 Å². The first-order valence-electron chi connectivity index (χ1n) is 16.7. The van der Waals surface area contributed by atoms with Gasteiger partial charge in [0.25, 0.3) is 0 Å². The van der Waals surface area contributed by atoms with Gasteiger partial charge in [-0.25, -0.2) is 28.8 Å². The zero-order chi connectivity index (χ0) is 37.0. The van der Waals surface area contributed by atoms with Gasteiger partial charge < -0.3 is 33.6 Å². The topological polar surface area (TPSA) is 140 Å². The van der Waals surface area contributed by atoms with Crippen molar-refractivity contribution >= 4 is 36.8 Å². The number of nitrogens with zero attached hydrogens (tertiary/aromatic N) is 3. The summed E-state index contributed by atoms with van der Waals surface area (Å²) in [6.45, 7) is 24.2. The van der Waals surface area contributed by atoms with Gasteiger partial charge in [-0.2, -0.15) is 0 Å². The largest absolute Gasteiger partial charge is 0.494 e. The normalized spacial score (nSPS) is 16.6. The van der Waals surface area contributed by atoms with Gasteiger partial charge >= 0.3 is 25.4 Å². The number of ether oxygens (including phenoxy) is 4. The smallest absolute Gasteiger partial charge is 0.444 e. The van der Waals surface area contributed by atoms with Crippen LogP contribution in [0.25, 0.3) is 0 Å². The number of amides is 2. The predicted molar refractivity (Wildman–Crippen MR) is 187 cm³/mol. The van der Waals surface area contributed by atoms with E-state index in [9.17, 15) is 14.4 Å². The molecule has 1 N–H and O–H groups in total. The molecule has 1 aliphatic heterocycles. The fraction of sp³-hybridized carbons (Fsp3) is 0.657. The number of hydrogen-bond donors (Lipinski definition) is 1. The zero-order valence-electron chi connectivity index (χ0n) is 31.5. The first kappa shape index (κ1) is 39.8. The number of anilines is 1. The van der Waals surface area contributed by atoms with Crippen molar-refractivity contribution in [1.29, 1.82) is 0 Å². The highest BCUT2D eigenvalue weighted by molar-refractivity contribution is 6.62.